The van der Waals surface area contributed by atoms with Crippen LogP contribution in [0.2, 0.25) is 0 Å². The lowest BCUT2D eigenvalue weighted by molar-refractivity contribution is 0.102. The number of hydrogen-bond donors (Lipinski definition) is 1. The van der Waals surface area contributed by atoms with E-state index in [0.717, 1.165) is 11.5 Å². The number of carbonyl (C=O) groups excluding carboxylic acids is 1. The molecule has 0 bridgehead atoms. The quantitative estimate of drug-likeness (QED) is 0.814. The summed E-state index contributed by atoms with van der Waals surface area (Å²) in [6.45, 7) is 1.76. The van der Waals surface area contributed by atoms with E-state index in [2.05, 4.69) is 24.6 Å². The predicted molar refractivity (Wildman–Crippen MR) is 54.6 cm³/mol. The molecule has 6 nitrogen and oxygen atoms in total. The van der Waals surface area contributed by atoms with E-state index in [4.69, 9.17) is 0 Å². The van der Waals surface area contributed by atoms with Crippen LogP contribution in [0.1, 0.15) is 16.3 Å². The Balaban J connectivity index is 2.11. The van der Waals surface area contributed by atoms with E-state index in [0.29, 0.717) is 11.0 Å². The zero-order valence-electron chi connectivity index (χ0n) is 7.84. The van der Waals surface area contributed by atoms with Crippen LogP contribution in [-0.4, -0.2) is 25.2 Å². The Morgan fingerprint density at radius 1 is 1.47 bits per heavy atom. The van der Waals surface area contributed by atoms with Crippen LogP contribution in [0.3, 0.4) is 0 Å². The first kappa shape index (κ1) is 9.66. The first-order valence-electron chi connectivity index (χ1n) is 4.13. The number of aryl methyl sites for hydroxylation is 1. The smallest absolute Gasteiger partial charge is 0.277 e. The fourth-order valence-electron chi connectivity index (χ4n) is 0.925. The molecule has 0 spiro atoms. The zero-order chi connectivity index (χ0) is 10.7. The van der Waals surface area contributed by atoms with Crippen LogP contribution in [0.4, 0.5) is 5.13 Å². The van der Waals surface area contributed by atoms with Crippen LogP contribution in [0.5, 0.6) is 0 Å². The molecule has 2 rings (SSSR count). The Kier molecular flexibility index (Phi) is 2.64. The van der Waals surface area contributed by atoms with Crippen molar-refractivity contribution in [1.29, 1.82) is 0 Å². The van der Waals surface area contributed by atoms with E-state index in [9.17, 15) is 4.79 Å². The van der Waals surface area contributed by atoms with E-state index >= 15 is 0 Å². The molecule has 0 aliphatic carbocycles. The van der Waals surface area contributed by atoms with Gasteiger partial charge in [-0.3, -0.25) is 15.1 Å². The van der Waals surface area contributed by atoms with Gasteiger partial charge in [-0.1, -0.05) is 0 Å². The number of carbonyl (C=O) groups is 1. The average Bonchev–Trinajstić information content (AvgIpc) is 2.65. The Morgan fingerprint density at radius 3 is 2.93 bits per heavy atom. The number of rotatable bonds is 2. The minimum atomic E-state index is -0.334. The number of amides is 1. The third kappa shape index (κ3) is 2.32. The molecule has 0 saturated carbocycles. The maximum Gasteiger partial charge on any atom is 0.277 e. The molecule has 1 amide bonds. The summed E-state index contributed by atoms with van der Waals surface area (Å²) in [5.74, 6) is 0.300. The third-order valence-corrected chi connectivity index (χ3v) is 2.27. The summed E-state index contributed by atoms with van der Waals surface area (Å²) in [7, 11) is 0. The normalized spacial score (nSPS) is 9.93. The van der Waals surface area contributed by atoms with Gasteiger partial charge in [-0.05, 0) is 6.92 Å². The number of nitrogens with zero attached hydrogens (tertiary/aromatic N) is 4. The molecule has 2 aromatic rings. The summed E-state index contributed by atoms with van der Waals surface area (Å²) in [5, 5.41) is 3.04. The fraction of sp³-hybridized carbons (Fsp3) is 0.125. The van der Waals surface area contributed by atoms with Gasteiger partial charge in [0.2, 0.25) is 5.13 Å². The molecule has 0 radical (unpaired) electrons. The van der Waals surface area contributed by atoms with E-state index in [1.165, 1.54) is 18.6 Å². The summed E-state index contributed by atoms with van der Waals surface area (Å²) in [6, 6.07) is 0. The van der Waals surface area contributed by atoms with Crippen LogP contribution in [-0.2, 0) is 0 Å². The summed E-state index contributed by atoms with van der Waals surface area (Å²) in [4.78, 5) is 23.2. The van der Waals surface area contributed by atoms with Crippen molar-refractivity contribution in [2.75, 3.05) is 5.32 Å². The number of nitrogens with one attached hydrogen (secondary N) is 1. The molecule has 0 unspecified atom stereocenters. The van der Waals surface area contributed by atoms with Crippen molar-refractivity contribution in [2.24, 2.45) is 0 Å². The molecule has 15 heavy (non-hydrogen) atoms. The maximum absolute atomic E-state index is 11.5. The summed E-state index contributed by atoms with van der Waals surface area (Å²) >= 11 is 1.13. The molecular formula is C8H7N5OS. The molecule has 0 fully saturated rings. The molecule has 0 saturated heterocycles. The molecule has 2 heterocycles. The Labute approximate surface area is 89.6 Å². The van der Waals surface area contributed by atoms with Crippen molar-refractivity contribution >= 4 is 22.6 Å². The maximum atomic E-state index is 11.5. The summed E-state index contributed by atoms with van der Waals surface area (Å²) < 4.78 is 3.94. The SMILES string of the molecule is Cc1nsc(NC(=O)c2cnccn2)n1. The highest BCUT2D eigenvalue weighted by Gasteiger charge is 2.09. The van der Waals surface area contributed by atoms with Crippen LogP contribution < -0.4 is 5.32 Å². The molecule has 0 aromatic carbocycles. The summed E-state index contributed by atoms with van der Waals surface area (Å²) in [6.07, 6.45) is 4.36. The number of aromatic nitrogens is 4. The van der Waals surface area contributed by atoms with Crippen LogP contribution >= 0.6 is 11.5 Å². The van der Waals surface area contributed by atoms with Gasteiger partial charge in [0, 0.05) is 23.9 Å². The minimum Gasteiger partial charge on any atom is -0.295 e. The molecular weight excluding hydrogens is 214 g/mol. The molecule has 0 aliphatic rings. The van der Waals surface area contributed by atoms with Gasteiger partial charge in [0.15, 0.2) is 0 Å². The van der Waals surface area contributed by atoms with Gasteiger partial charge in [-0.15, -0.1) is 0 Å². The van der Waals surface area contributed by atoms with Gasteiger partial charge in [0.05, 0.1) is 6.20 Å². The van der Waals surface area contributed by atoms with Gasteiger partial charge in [-0.25, -0.2) is 9.97 Å². The summed E-state index contributed by atoms with van der Waals surface area (Å²) in [5.41, 5.74) is 0.255. The minimum absolute atomic E-state index is 0.255. The van der Waals surface area contributed by atoms with Crippen molar-refractivity contribution < 1.29 is 4.79 Å². The van der Waals surface area contributed by atoms with Crippen LogP contribution in [0, 0.1) is 6.92 Å². The fourth-order valence-corrected chi connectivity index (χ4v) is 1.50. The third-order valence-electron chi connectivity index (χ3n) is 1.54. The molecule has 2 aromatic heterocycles. The van der Waals surface area contributed by atoms with Gasteiger partial charge < -0.3 is 0 Å². The van der Waals surface area contributed by atoms with Crippen molar-refractivity contribution in [3.63, 3.8) is 0 Å². The topological polar surface area (TPSA) is 80.7 Å². The van der Waals surface area contributed by atoms with Crippen molar-refractivity contribution in [2.45, 2.75) is 6.92 Å². The molecule has 0 atom stereocenters. The largest absolute Gasteiger partial charge is 0.295 e. The van der Waals surface area contributed by atoms with E-state index in [-0.39, 0.29) is 11.6 Å². The van der Waals surface area contributed by atoms with Crippen LogP contribution in [0.25, 0.3) is 0 Å². The molecule has 76 valence electrons. The van der Waals surface area contributed by atoms with E-state index < -0.39 is 0 Å². The molecule has 7 heteroatoms. The van der Waals surface area contributed by atoms with Gasteiger partial charge >= 0.3 is 0 Å². The van der Waals surface area contributed by atoms with Crippen molar-refractivity contribution in [3.05, 3.63) is 30.1 Å². The molecule has 0 aliphatic heterocycles. The molecule has 1 N–H and O–H groups in total. The van der Waals surface area contributed by atoms with Gasteiger partial charge in [0.1, 0.15) is 11.5 Å². The first-order chi connectivity index (χ1) is 7.25. The van der Waals surface area contributed by atoms with E-state index in [1.54, 1.807) is 6.92 Å². The average molecular weight is 221 g/mol. The Morgan fingerprint density at radius 2 is 2.33 bits per heavy atom. The van der Waals surface area contributed by atoms with Gasteiger partial charge in [-0.2, -0.15) is 4.37 Å². The zero-order valence-corrected chi connectivity index (χ0v) is 8.65. The Bertz CT molecular complexity index is 469. The Hall–Kier alpha value is -1.89. The lowest BCUT2D eigenvalue weighted by Gasteiger charge is -1.98. The lowest BCUT2D eigenvalue weighted by Crippen LogP contribution is -2.13. The predicted octanol–water partition coefficient (Wildman–Crippen LogP) is 0.889. The number of hydrogen-bond acceptors (Lipinski definition) is 6. The highest BCUT2D eigenvalue weighted by molar-refractivity contribution is 7.09. The van der Waals surface area contributed by atoms with Gasteiger partial charge in [0.25, 0.3) is 5.91 Å². The highest BCUT2D eigenvalue weighted by Crippen LogP contribution is 2.10. The number of anilines is 1. The lowest BCUT2D eigenvalue weighted by atomic mass is 10.4. The second-order valence-corrected chi connectivity index (χ2v) is 3.44. The van der Waals surface area contributed by atoms with Crippen molar-refractivity contribution in [3.8, 4) is 0 Å². The second kappa shape index (κ2) is 4.09. The monoisotopic (exact) mass is 221 g/mol. The standard InChI is InChI=1S/C8H7N5OS/c1-5-11-8(15-13-5)12-7(14)6-4-9-2-3-10-6/h2-4H,1H3,(H,11,12,13,14). The van der Waals surface area contributed by atoms with Crippen molar-refractivity contribution in [1.82, 2.24) is 19.3 Å². The highest BCUT2D eigenvalue weighted by atomic mass is 32.1. The second-order valence-electron chi connectivity index (χ2n) is 2.69. The van der Waals surface area contributed by atoms with E-state index in [1.807, 2.05) is 0 Å². The first-order valence-corrected chi connectivity index (χ1v) is 4.91. The van der Waals surface area contributed by atoms with Crippen LogP contribution in [0.15, 0.2) is 18.6 Å².